The molecule has 1 fully saturated rings. The Balaban J connectivity index is 1.49. The van der Waals surface area contributed by atoms with Crippen LogP contribution < -0.4 is 5.32 Å². The molecule has 1 aliphatic rings. The molecule has 0 radical (unpaired) electrons. The van der Waals surface area contributed by atoms with Crippen molar-refractivity contribution in [3.05, 3.63) is 66.2 Å². The third kappa shape index (κ3) is 9.06. The highest BCUT2D eigenvalue weighted by atomic mass is 32.2. The van der Waals surface area contributed by atoms with Gasteiger partial charge in [-0.1, -0.05) is 42.5 Å². The number of H-pyrrole nitrogens is 1. The van der Waals surface area contributed by atoms with Gasteiger partial charge < -0.3 is 19.9 Å². The van der Waals surface area contributed by atoms with Crippen molar-refractivity contribution >= 4 is 40.3 Å². The molecule has 0 saturated carbocycles. The van der Waals surface area contributed by atoms with Crippen LogP contribution in [0.3, 0.4) is 0 Å². The SMILES string of the molecule is CSCCC(NC(=O)CN(Cc1cccc2ccccc12)C[C@@H]1CCCN1C(=O)CCc1cnc[nH]1)C(=O)OC(C)C. The monoisotopic (exact) mass is 593 g/mol. The van der Waals surface area contributed by atoms with E-state index >= 15 is 0 Å². The molecule has 2 amide bonds. The molecule has 1 aliphatic heterocycles. The molecule has 1 unspecified atom stereocenters. The number of carbonyl (C=O) groups is 3. The Kier molecular flexibility index (Phi) is 11.8. The van der Waals surface area contributed by atoms with E-state index in [1.807, 2.05) is 29.4 Å². The summed E-state index contributed by atoms with van der Waals surface area (Å²) in [6.07, 6.45) is 8.46. The first-order valence-electron chi connectivity index (χ1n) is 14.8. The highest BCUT2D eigenvalue weighted by molar-refractivity contribution is 7.98. The van der Waals surface area contributed by atoms with Crippen LogP contribution in [0, 0.1) is 0 Å². The number of thioether (sulfide) groups is 1. The summed E-state index contributed by atoms with van der Waals surface area (Å²) < 4.78 is 5.43. The largest absolute Gasteiger partial charge is 0.461 e. The summed E-state index contributed by atoms with van der Waals surface area (Å²) in [5, 5.41) is 5.23. The van der Waals surface area contributed by atoms with Crippen molar-refractivity contribution in [2.45, 2.75) is 70.7 Å². The third-order valence-corrected chi connectivity index (χ3v) is 8.20. The summed E-state index contributed by atoms with van der Waals surface area (Å²) in [6.45, 7) is 5.56. The molecule has 2 aromatic carbocycles. The number of rotatable bonds is 15. The molecule has 0 spiro atoms. The van der Waals surface area contributed by atoms with Gasteiger partial charge in [0, 0.05) is 44.0 Å². The number of imidazole rings is 1. The number of nitrogens with zero attached hydrogens (tertiary/aromatic N) is 3. The molecular formula is C32H43N5O4S. The summed E-state index contributed by atoms with van der Waals surface area (Å²) in [6, 6.07) is 13.8. The number of hydrogen-bond donors (Lipinski definition) is 2. The van der Waals surface area contributed by atoms with Crippen molar-refractivity contribution in [1.29, 1.82) is 0 Å². The van der Waals surface area contributed by atoms with E-state index in [2.05, 4.69) is 44.5 Å². The standard InChI is InChI=1S/C32H43N5O4S/c1-23(2)41-32(40)29(15-17-42-3)35-30(38)21-36(19-25-10-6-9-24-8-4-5-12-28(24)25)20-27-11-7-16-37(27)31(39)14-13-26-18-33-22-34-26/h4-6,8-10,12,18,22-23,27,29H,7,11,13-17,19-21H2,1-3H3,(H,33,34)(H,35,38)/t27-,29?/m0/s1. The van der Waals surface area contributed by atoms with Crippen LogP contribution in [-0.4, -0.2) is 87.4 Å². The van der Waals surface area contributed by atoms with Gasteiger partial charge >= 0.3 is 5.97 Å². The lowest BCUT2D eigenvalue weighted by Gasteiger charge is -2.31. The van der Waals surface area contributed by atoms with E-state index < -0.39 is 12.0 Å². The number of fused-ring (bicyclic) bond motifs is 1. The van der Waals surface area contributed by atoms with E-state index in [0.717, 1.165) is 47.2 Å². The molecule has 0 bridgehead atoms. The Morgan fingerprint density at radius 1 is 1.19 bits per heavy atom. The summed E-state index contributed by atoms with van der Waals surface area (Å²) in [7, 11) is 0. The van der Waals surface area contributed by atoms with E-state index in [9.17, 15) is 14.4 Å². The average molecular weight is 594 g/mol. The molecule has 226 valence electrons. The minimum absolute atomic E-state index is 0.0141. The van der Waals surface area contributed by atoms with Gasteiger partial charge in [0.2, 0.25) is 11.8 Å². The van der Waals surface area contributed by atoms with E-state index in [0.29, 0.717) is 32.4 Å². The molecule has 9 nitrogen and oxygen atoms in total. The van der Waals surface area contributed by atoms with Crippen molar-refractivity contribution in [3.63, 3.8) is 0 Å². The van der Waals surface area contributed by atoms with Gasteiger partial charge in [0.05, 0.1) is 19.0 Å². The van der Waals surface area contributed by atoms with Crippen molar-refractivity contribution in [1.82, 2.24) is 25.1 Å². The maximum absolute atomic E-state index is 13.4. The van der Waals surface area contributed by atoms with Crippen molar-refractivity contribution in [3.8, 4) is 0 Å². The van der Waals surface area contributed by atoms with Crippen LogP contribution in [0.1, 0.15) is 50.8 Å². The highest BCUT2D eigenvalue weighted by Crippen LogP contribution is 2.23. The van der Waals surface area contributed by atoms with Crippen LogP contribution in [0.25, 0.3) is 10.8 Å². The Morgan fingerprint density at radius 2 is 2.00 bits per heavy atom. The summed E-state index contributed by atoms with van der Waals surface area (Å²) in [5.74, 6) is 0.223. The lowest BCUT2D eigenvalue weighted by Crippen LogP contribution is -2.49. The Morgan fingerprint density at radius 3 is 2.76 bits per heavy atom. The third-order valence-electron chi connectivity index (χ3n) is 7.55. The minimum atomic E-state index is -0.696. The lowest BCUT2D eigenvalue weighted by atomic mass is 10.0. The molecule has 3 aromatic rings. The zero-order chi connectivity index (χ0) is 29.9. The van der Waals surface area contributed by atoms with Gasteiger partial charge in [0.25, 0.3) is 0 Å². The van der Waals surface area contributed by atoms with Crippen LogP contribution in [0.15, 0.2) is 55.0 Å². The van der Waals surface area contributed by atoms with Gasteiger partial charge in [0.15, 0.2) is 0 Å². The fourth-order valence-electron chi connectivity index (χ4n) is 5.56. The van der Waals surface area contributed by atoms with Crippen LogP contribution >= 0.6 is 11.8 Å². The van der Waals surface area contributed by atoms with Crippen molar-refractivity contribution in [2.24, 2.45) is 0 Å². The van der Waals surface area contributed by atoms with Crippen molar-refractivity contribution < 1.29 is 19.1 Å². The number of aryl methyl sites for hydroxylation is 1. The highest BCUT2D eigenvalue weighted by Gasteiger charge is 2.31. The second-order valence-corrected chi connectivity index (χ2v) is 12.1. The number of benzene rings is 2. The first-order valence-corrected chi connectivity index (χ1v) is 16.2. The molecular weight excluding hydrogens is 550 g/mol. The number of amides is 2. The summed E-state index contributed by atoms with van der Waals surface area (Å²) >= 11 is 1.62. The minimum Gasteiger partial charge on any atom is -0.461 e. The van der Waals surface area contributed by atoms with E-state index in [-0.39, 0.29) is 30.5 Å². The zero-order valence-corrected chi connectivity index (χ0v) is 25.7. The van der Waals surface area contributed by atoms with Crippen LogP contribution in [-0.2, 0) is 32.1 Å². The van der Waals surface area contributed by atoms with E-state index in [4.69, 9.17) is 4.74 Å². The number of esters is 1. The lowest BCUT2D eigenvalue weighted by molar-refractivity contribution is -0.151. The zero-order valence-electron chi connectivity index (χ0n) is 24.9. The Labute approximate surface area is 252 Å². The maximum atomic E-state index is 13.4. The molecule has 2 atom stereocenters. The van der Waals surface area contributed by atoms with Gasteiger partial charge in [-0.3, -0.25) is 14.5 Å². The maximum Gasteiger partial charge on any atom is 0.328 e. The van der Waals surface area contributed by atoms with E-state index in [1.165, 1.54) is 0 Å². The van der Waals surface area contributed by atoms with Crippen LogP contribution in [0.4, 0.5) is 0 Å². The molecule has 10 heteroatoms. The van der Waals surface area contributed by atoms with Crippen molar-refractivity contribution in [2.75, 3.05) is 31.6 Å². The topological polar surface area (TPSA) is 108 Å². The fraction of sp³-hybridized carbons (Fsp3) is 0.500. The number of likely N-dealkylation sites (tertiary alicyclic amines) is 1. The molecule has 2 heterocycles. The molecule has 0 aliphatic carbocycles. The number of aromatic amines is 1. The van der Waals surface area contributed by atoms with Gasteiger partial charge in [0.1, 0.15) is 6.04 Å². The predicted molar refractivity (Wildman–Crippen MR) is 167 cm³/mol. The van der Waals surface area contributed by atoms with E-state index in [1.54, 1.807) is 38.1 Å². The normalized spacial score (nSPS) is 15.8. The summed E-state index contributed by atoms with van der Waals surface area (Å²) in [4.78, 5) is 50.6. The molecule has 1 aromatic heterocycles. The second kappa shape index (κ2) is 15.7. The number of ether oxygens (including phenoxy) is 1. The number of carbonyl (C=O) groups excluding carboxylic acids is 3. The van der Waals surface area contributed by atoms with Gasteiger partial charge in [-0.05, 0) is 67.9 Å². The first-order chi connectivity index (χ1) is 20.3. The quantitative estimate of drug-likeness (QED) is 0.255. The Hall–Kier alpha value is -3.37. The average Bonchev–Trinajstić information content (AvgIpc) is 3.66. The summed E-state index contributed by atoms with van der Waals surface area (Å²) in [5.41, 5.74) is 2.06. The molecule has 1 saturated heterocycles. The Bertz CT molecular complexity index is 1310. The fourth-order valence-corrected chi connectivity index (χ4v) is 6.03. The molecule has 2 N–H and O–H groups in total. The number of aromatic nitrogens is 2. The van der Waals surface area contributed by atoms with Crippen LogP contribution in [0.2, 0.25) is 0 Å². The smallest absolute Gasteiger partial charge is 0.328 e. The molecule has 42 heavy (non-hydrogen) atoms. The van der Waals surface area contributed by atoms with Gasteiger partial charge in [-0.15, -0.1) is 0 Å². The number of hydrogen-bond acceptors (Lipinski definition) is 7. The number of nitrogens with one attached hydrogen (secondary N) is 2. The molecule has 4 rings (SSSR count). The first kappa shape index (κ1) is 31.6. The van der Waals surface area contributed by atoms with Gasteiger partial charge in [-0.25, -0.2) is 9.78 Å². The van der Waals surface area contributed by atoms with Gasteiger partial charge in [-0.2, -0.15) is 11.8 Å². The predicted octanol–water partition coefficient (Wildman–Crippen LogP) is 4.18. The second-order valence-electron chi connectivity index (χ2n) is 11.2. The van der Waals surface area contributed by atoms with Crippen LogP contribution in [0.5, 0.6) is 0 Å².